The van der Waals surface area contributed by atoms with Gasteiger partial charge in [0.2, 0.25) is 0 Å². The van der Waals surface area contributed by atoms with Gasteiger partial charge >= 0.3 is 5.97 Å². The van der Waals surface area contributed by atoms with Gasteiger partial charge < -0.3 is 4.74 Å². The highest BCUT2D eigenvalue weighted by atomic mass is 79.9. The molecule has 88 valence electrons. The molecular weight excluding hydrogens is 296 g/mol. The number of alkyl halides is 1. The number of hydrogen-bond acceptors (Lipinski definition) is 4. The molecule has 1 rings (SSSR count). The number of methoxy groups -OCH3 is 1. The summed E-state index contributed by atoms with van der Waals surface area (Å²) < 4.78 is 27.3. The Balaban J connectivity index is 3.10. The summed E-state index contributed by atoms with van der Waals surface area (Å²) >= 11 is 3.01. The fraction of sp³-hybridized carbons (Fsp3) is 0.300. The molecule has 0 saturated heterocycles. The second-order valence-corrected chi connectivity index (χ2v) is 7.35. The molecule has 0 amide bonds. The molecule has 1 aromatic carbocycles. The van der Waals surface area contributed by atoms with Crippen LogP contribution < -0.4 is 0 Å². The molecule has 0 aliphatic carbocycles. The van der Waals surface area contributed by atoms with Crippen molar-refractivity contribution in [3.05, 3.63) is 29.8 Å². The maximum Gasteiger partial charge on any atom is 0.337 e. The number of carbonyl (C=O) groups is 1. The molecule has 0 N–H and O–H groups in total. The van der Waals surface area contributed by atoms with E-state index in [1.54, 1.807) is 0 Å². The quantitative estimate of drug-likeness (QED) is 0.633. The summed E-state index contributed by atoms with van der Waals surface area (Å²) in [7, 11) is -2.09. The minimum absolute atomic E-state index is 0.171. The zero-order valence-electron chi connectivity index (χ0n) is 8.81. The largest absolute Gasteiger partial charge is 0.465 e. The summed E-state index contributed by atoms with van der Waals surface area (Å²) in [6, 6.07) is 5.63. The van der Waals surface area contributed by atoms with Crippen molar-refractivity contribution in [1.82, 2.24) is 0 Å². The number of sulfone groups is 1. The maximum atomic E-state index is 11.7. The highest BCUT2D eigenvalue weighted by Crippen LogP contribution is 2.20. The van der Waals surface area contributed by atoms with Crippen LogP contribution in [0.5, 0.6) is 0 Å². The van der Waals surface area contributed by atoms with Crippen LogP contribution in [0.15, 0.2) is 29.2 Å². The summed E-state index contributed by atoms with van der Waals surface area (Å²) in [5, 5.41) is 0. The Morgan fingerprint density at radius 2 is 1.81 bits per heavy atom. The zero-order chi connectivity index (χ0) is 12.3. The molecule has 0 fully saturated rings. The highest BCUT2D eigenvalue weighted by molar-refractivity contribution is 9.11. The first kappa shape index (κ1) is 13.2. The SMILES string of the molecule is COC(=O)c1ccc(S(=O)(=O)C(C)Br)cc1. The van der Waals surface area contributed by atoms with Crippen LogP contribution in [0.2, 0.25) is 0 Å². The lowest BCUT2D eigenvalue weighted by Gasteiger charge is -2.06. The molecule has 16 heavy (non-hydrogen) atoms. The van der Waals surface area contributed by atoms with E-state index < -0.39 is 20.0 Å². The number of halogens is 1. The van der Waals surface area contributed by atoms with E-state index in [0.717, 1.165) is 0 Å². The van der Waals surface area contributed by atoms with Crippen molar-refractivity contribution in [2.75, 3.05) is 7.11 Å². The van der Waals surface area contributed by atoms with Gasteiger partial charge in [0, 0.05) is 0 Å². The first-order valence-corrected chi connectivity index (χ1v) is 6.92. The van der Waals surface area contributed by atoms with E-state index in [4.69, 9.17) is 0 Å². The summed E-state index contributed by atoms with van der Waals surface area (Å²) in [5.74, 6) is -0.490. The van der Waals surface area contributed by atoms with Gasteiger partial charge in [-0.3, -0.25) is 0 Å². The van der Waals surface area contributed by atoms with E-state index in [1.165, 1.54) is 38.3 Å². The van der Waals surface area contributed by atoms with Gasteiger partial charge in [-0.05, 0) is 31.2 Å². The monoisotopic (exact) mass is 306 g/mol. The predicted octanol–water partition coefficient (Wildman–Crippen LogP) is 1.99. The lowest BCUT2D eigenvalue weighted by Crippen LogP contribution is -2.11. The zero-order valence-corrected chi connectivity index (χ0v) is 11.2. The third-order valence-corrected chi connectivity index (χ3v) is 5.29. The average Bonchev–Trinajstić information content (AvgIpc) is 2.28. The molecule has 0 bridgehead atoms. The normalized spacial score (nSPS) is 13.2. The van der Waals surface area contributed by atoms with Crippen molar-refractivity contribution < 1.29 is 17.9 Å². The van der Waals surface area contributed by atoms with Gasteiger partial charge in [0.1, 0.15) is 4.16 Å². The van der Waals surface area contributed by atoms with Gasteiger partial charge in [-0.15, -0.1) is 0 Å². The molecule has 0 radical (unpaired) electrons. The lowest BCUT2D eigenvalue weighted by atomic mass is 10.2. The third kappa shape index (κ3) is 2.62. The number of ether oxygens (including phenoxy) is 1. The Morgan fingerprint density at radius 3 is 2.19 bits per heavy atom. The van der Waals surface area contributed by atoms with Crippen molar-refractivity contribution in [2.45, 2.75) is 16.0 Å². The fourth-order valence-corrected chi connectivity index (χ4v) is 2.62. The second-order valence-electron chi connectivity index (χ2n) is 3.10. The van der Waals surface area contributed by atoms with E-state index >= 15 is 0 Å². The van der Waals surface area contributed by atoms with Gasteiger partial charge in [-0.2, -0.15) is 0 Å². The standard InChI is InChI=1S/C10H11BrO4S/c1-7(11)16(13,14)9-5-3-8(4-6-9)10(12)15-2/h3-7H,1-2H3. The second kappa shape index (κ2) is 4.97. The van der Waals surface area contributed by atoms with Gasteiger partial charge in [-0.1, -0.05) is 15.9 Å². The van der Waals surface area contributed by atoms with Crippen molar-refractivity contribution in [3.8, 4) is 0 Å². The van der Waals surface area contributed by atoms with Crippen molar-refractivity contribution in [2.24, 2.45) is 0 Å². The molecular formula is C10H11BrO4S. The van der Waals surface area contributed by atoms with Crippen molar-refractivity contribution in [3.63, 3.8) is 0 Å². The van der Waals surface area contributed by atoms with Crippen LogP contribution in [-0.2, 0) is 14.6 Å². The molecule has 0 aliphatic heterocycles. The van der Waals surface area contributed by atoms with Crippen molar-refractivity contribution >= 4 is 31.7 Å². The molecule has 0 heterocycles. The van der Waals surface area contributed by atoms with Gasteiger partial charge in [0.25, 0.3) is 0 Å². The molecule has 0 aliphatic rings. The molecule has 6 heteroatoms. The van der Waals surface area contributed by atoms with Gasteiger partial charge in [-0.25, -0.2) is 13.2 Å². The molecule has 1 atom stereocenters. The van der Waals surface area contributed by atoms with E-state index in [0.29, 0.717) is 5.56 Å². The molecule has 1 unspecified atom stereocenters. The van der Waals surface area contributed by atoms with Crippen LogP contribution in [-0.4, -0.2) is 25.7 Å². The summed E-state index contributed by atoms with van der Waals surface area (Å²) in [6.07, 6.45) is 0. The topological polar surface area (TPSA) is 60.4 Å². The van der Waals surface area contributed by atoms with Gasteiger partial charge in [0.15, 0.2) is 9.84 Å². The summed E-state index contributed by atoms with van der Waals surface area (Å²) in [6.45, 7) is 1.53. The molecule has 0 spiro atoms. The third-order valence-electron chi connectivity index (χ3n) is 2.03. The highest BCUT2D eigenvalue weighted by Gasteiger charge is 2.20. The first-order chi connectivity index (χ1) is 7.39. The molecule has 4 nitrogen and oxygen atoms in total. The van der Waals surface area contributed by atoms with Gasteiger partial charge in [0.05, 0.1) is 17.6 Å². The number of benzene rings is 1. The minimum atomic E-state index is -3.36. The van der Waals surface area contributed by atoms with E-state index in [2.05, 4.69) is 20.7 Å². The van der Waals surface area contributed by atoms with Crippen molar-refractivity contribution in [1.29, 1.82) is 0 Å². The average molecular weight is 307 g/mol. The number of carbonyl (C=O) groups excluding carboxylic acids is 1. The predicted molar refractivity (Wildman–Crippen MR) is 63.4 cm³/mol. The maximum absolute atomic E-state index is 11.7. The van der Waals surface area contributed by atoms with Crippen LogP contribution >= 0.6 is 15.9 Å². The molecule has 1 aromatic rings. The van der Waals surface area contributed by atoms with E-state index in [-0.39, 0.29) is 4.90 Å². The Labute approximate surface area is 103 Å². The fourth-order valence-electron chi connectivity index (χ4n) is 1.09. The number of esters is 1. The molecule has 0 saturated carbocycles. The minimum Gasteiger partial charge on any atom is -0.465 e. The summed E-state index contributed by atoms with van der Waals surface area (Å²) in [4.78, 5) is 11.3. The first-order valence-electron chi connectivity index (χ1n) is 4.46. The van der Waals surface area contributed by atoms with E-state index in [9.17, 15) is 13.2 Å². The van der Waals surface area contributed by atoms with Crippen LogP contribution in [0, 0.1) is 0 Å². The van der Waals surface area contributed by atoms with Crippen LogP contribution in [0.1, 0.15) is 17.3 Å². The Bertz CT molecular complexity index is 476. The van der Waals surface area contributed by atoms with Crippen LogP contribution in [0.4, 0.5) is 0 Å². The number of rotatable bonds is 3. The summed E-state index contributed by atoms with van der Waals surface area (Å²) in [5.41, 5.74) is 0.323. The lowest BCUT2D eigenvalue weighted by molar-refractivity contribution is 0.0600. The van der Waals surface area contributed by atoms with Crippen LogP contribution in [0.25, 0.3) is 0 Å². The Hall–Kier alpha value is -0.880. The Morgan fingerprint density at radius 1 is 1.31 bits per heavy atom. The molecule has 0 aromatic heterocycles. The Kier molecular flexibility index (Phi) is 4.09. The smallest absolute Gasteiger partial charge is 0.337 e. The number of hydrogen-bond donors (Lipinski definition) is 0. The van der Waals surface area contributed by atoms with E-state index in [1.807, 2.05) is 0 Å². The van der Waals surface area contributed by atoms with Crippen LogP contribution in [0.3, 0.4) is 0 Å².